The van der Waals surface area contributed by atoms with Crippen molar-refractivity contribution in [2.75, 3.05) is 24.3 Å². The standard InChI is InChI=1S/C23H28Cl2FN5O/c1-31(2)21-15-5-3-4-6-20(15)29-23(30-21)28-14-9-7-13(8-10-14)27-22(32)16-11-19(26)18(25)12-17(16)24/h11-14H,3-10H2,1-2H3,(H,27,32)(H,28,29,30)/t13-,14+. The zero-order valence-corrected chi connectivity index (χ0v) is 19.9. The number of anilines is 2. The number of hydrogen-bond acceptors (Lipinski definition) is 5. The highest BCUT2D eigenvalue weighted by Gasteiger charge is 2.26. The highest BCUT2D eigenvalue weighted by atomic mass is 35.5. The predicted octanol–water partition coefficient (Wildman–Crippen LogP) is 5.02. The predicted molar refractivity (Wildman–Crippen MR) is 127 cm³/mol. The molecule has 2 aliphatic carbocycles. The number of halogens is 3. The Morgan fingerprint density at radius 2 is 1.72 bits per heavy atom. The van der Waals surface area contributed by atoms with Crippen LogP contribution in [0.1, 0.15) is 60.1 Å². The van der Waals surface area contributed by atoms with Crippen LogP contribution in [0.5, 0.6) is 0 Å². The molecule has 2 aromatic rings. The largest absolute Gasteiger partial charge is 0.362 e. The van der Waals surface area contributed by atoms with Gasteiger partial charge in [0.05, 0.1) is 21.3 Å². The minimum Gasteiger partial charge on any atom is -0.362 e. The lowest BCUT2D eigenvalue weighted by atomic mass is 9.91. The number of hydrogen-bond donors (Lipinski definition) is 2. The highest BCUT2D eigenvalue weighted by Crippen LogP contribution is 2.30. The molecule has 32 heavy (non-hydrogen) atoms. The van der Waals surface area contributed by atoms with Crippen LogP contribution < -0.4 is 15.5 Å². The van der Waals surface area contributed by atoms with Crippen LogP contribution in [0.25, 0.3) is 0 Å². The van der Waals surface area contributed by atoms with Gasteiger partial charge in [0, 0.05) is 31.7 Å². The summed E-state index contributed by atoms with van der Waals surface area (Å²) in [5.74, 6) is 0.655. The van der Waals surface area contributed by atoms with E-state index in [9.17, 15) is 9.18 Å². The zero-order chi connectivity index (χ0) is 22.8. The quantitative estimate of drug-likeness (QED) is 0.589. The minimum absolute atomic E-state index is 0.0112. The Morgan fingerprint density at radius 1 is 1.03 bits per heavy atom. The molecule has 1 aromatic carbocycles. The summed E-state index contributed by atoms with van der Waals surface area (Å²) in [6.45, 7) is 0. The first kappa shape index (κ1) is 23.1. The van der Waals surface area contributed by atoms with Crippen LogP contribution in [0.15, 0.2) is 12.1 Å². The average molecular weight is 480 g/mol. The molecule has 1 amide bonds. The van der Waals surface area contributed by atoms with Crippen LogP contribution in [-0.2, 0) is 12.8 Å². The van der Waals surface area contributed by atoms with Crippen molar-refractivity contribution >= 4 is 40.9 Å². The van der Waals surface area contributed by atoms with E-state index in [0.717, 1.165) is 56.1 Å². The SMILES string of the molecule is CN(C)c1nc(N[C@H]2CC[C@@H](NC(=O)c3cc(F)c(Cl)cc3Cl)CC2)nc2c1CCCC2. The summed E-state index contributed by atoms with van der Waals surface area (Å²) in [6, 6.07) is 2.60. The third kappa shape index (κ3) is 5.09. The second-order valence-electron chi connectivity index (χ2n) is 8.81. The zero-order valence-electron chi connectivity index (χ0n) is 18.4. The van der Waals surface area contributed by atoms with Crippen LogP contribution in [0, 0.1) is 5.82 Å². The fraction of sp³-hybridized carbons (Fsp3) is 0.522. The van der Waals surface area contributed by atoms with Gasteiger partial charge in [-0.2, -0.15) is 4.98 Å². The van der Waals surface area contributed by atoms with Crippen molar-refractivity contribution in [3.63, 3.8) is 0 Å². The summed E-state index contributed by atoms with van der Waals surface area (Å²) in [7, 11) is 4.04. The van der Waals surface area contributed by atoms with Crippen LogP contribution in [-0.4, -0.2) is 42.1 Å². The number of benzene rings is 1. The van der Waals surface area contributed by atoms with Crippen LogP contribution >= 0.6 is 23.2 Å². The number of aromatic nitrogens is 2. The fourth-order valence-corrected chi connectivity index (χ4v) is 5.00. The van der Waals surface area contributed by atoms with E-state index in [2.05, 4.69) is 15.5 Å². The van der Waals surface area contributed by atoms with Crippen molar-refractivity contribution in [1.29, 1.82) is 0 Å². The Balaban J connectivity index is 1.36. The highest BCUT2D eigenvalue weighted by molar-refractivity contribution is 6.36. The first-order valence-electron chi connectivity index (χ1n) is 11.1. The molecule has 0 saturated heterocycles. The molecule has 1 heterocycles. The third-order valence-corrected chi connectivity index (χ3v) is 6.84. The Morgan fingerprint density at radius 3 is 2.44 bits per heavy atom. The molecular weight excluding hydrogens is 452 g/mol. The normalized spacial score (nSPS) is 20.4. The molecule has 2 N–H and O–H groups in total. The first-order chi connectivity index (χ1) is 15.3. The van der Waals surface area contributed by atoms with E-state index in [1.807, 2.05) is 14.1 Å². The van der Waals surface area contributed by atoms with Crippen molar-refractivity contribution < 1.29 is 9.18 Å². The van der Waals surface area contributed by atoms with Crippen LogP contribution in [0.4, 0.5) is 16.2 Å². The summed E-state index contributed by atoms with van der Waals surface area (Å²) >= 11 is 11.8. The van der Waals surface area contributed by atoms with Crippen molar-refractivity contribution in [2.24, 2.45) is 0 Å². The Labute approximate surface area is 197 Å². The number of carbonyl (C=O) groups is 1. The number of nitrogens with one attached hydrogen (secondary N) is 2. The lowest BCUT2D eigenvalue weighted by Crippen LogP contribution is -2.40. The maximum absolute atomic E-state index is 13.7. The number of amides is 1. The summed E-state index contributed by atoms with van der Waals surface area (Å²) in [5.41, 5.74) is 2.54. The molecule has 172 valence electrons. The number of rotatable bonds is 5. The van der Waals surface area contributed by atoms with Gasteiger partial charge in [-0.05, 0) is 63.5 Å². The topological polar surface area (TPSA) is 70.2 Å². The van der Waals surface area contributed by atoms with Gasteiger partial charge < -0.3 is 15.5 Å². The van der Waals surface area contributed by atoms with E-state index in [-0.39, 0.29) is 33.6 Å². The Kier molecular flexibility index (Phi) is 7.05. The molecule has 0 unspecified atom stereocenters. The maximum Gasteiger partial charge on any atom is 0.253 e. The lowest BCUT2D eigenvalue weighted by molar-refractivity contribution is 0.0926. The van der Waals surface area contributed by atoms with E-state index >= 15 is 0 Å². The van der Waals surface area contributed by atoms with Gasteiger partial charge >= 0.3 is 0 Å². The molecule has 0 aliphatic heterocycles. The smallest absolute Gasteiger partial charge is 0.253 e. The summed E-state index contributed by atoms with van der Waals surface area (Å²) < 4.78 is 13.7. The second-order valence-corrected chi connectivity index (χ2v) is 9.62. The molecule has 9 heteroatoms. The maximum atomic E-state index is 13.7. The second kappa shape index (κ2) is 9.79. The van der Waals surface area contributed by atoms with Crippen molar-refractivity contribution in [1.82, 2.24) is 15.3 Å². The van der Waals surface area contributed by atoms with Gasteiger partial charge in [0.25, 0.3) is 5.91 Å². The molecule has 0 spiro atoms. The molecule has 2 aliphatic rings. The summed E-state index contributed by atoms with van der Waals surface area (Å²) in [6.07, 6.45) is 7.77. The monoisotopic (exact) mass is 479 g/mol. The van der Waals surface area contributed by atoms with Crippen LogP contribution in [0.3, 0.4) is 0 Å². The fourth-order valence-electron chi connectivity index (χ4n) is 4.53. The number of carbonyl (C=O) groups excluding carboxylic acids is 1. The van der Waals surface area contributed by atoms with Gasteiger partial charge in [-0.3, -0.25) is 4.79 Å². The van der Waals surface area contributed by atoms with E-state index in [1.165, 1.54) is 24.5 Å². The molecule has 1 aromatic heterocycles. The summed E-state index contributed by atoms with van der Waals surface area (Å²) in [4.78, 5) is 24.2. The van der Waals surface area contributed by atoms with E-state index in [1.54, 1.807) is 0 Å². The molecule has 0 atom stereocenters. The van der Waals surface area contributed by atoms with Crippen molar-refractivity contribution in [2.45, 2.75) is 63.5 Å². The molecule has 0 bridgehead atoms. The van der Waals surface area contributed by atoms with Gasteiger partial charge in [-0.25, -0.2) is 9.37 Å². The molecule has 1 saturated carbocycles. The van der Waals surface area contributed by atoms with Crippen molar-refractivity contribution in [3.8, 4) is 0 Å². The van der Waals surface area contributed by atoms with E-state index in [0.29, 0.717) is 5.95 Å². The Bertz CT molecular complexity index is 1010. The molecule has 1 fully saturated rings. The Hall–Kier alpha value is -2.12. The van der Waals surface area contributed by atoms with E-state index in [4.69, 9.17) is 33.2 Å². The van der Waals surface area contributed by atoms with Crippen LogP contribution in [0.2, 0.25) is 10.0 Å². The number of nitrogens with zero attached hydrogens (tertiary/aromatic N) is 3. The van der Waals surface area contributed by atoms with Gasteiger partial charge in [0.1, 0.15) is 11.6 Å². The van der Waals surface area contributed by atoms with Gasteiger partial charge in [-0.15, -0.1) is 0 Å². The average Bonchev–Trinajstić information content (AvgIpc) is 2.77. The van der Waals surface area contributed by atoms with Crippen molar-refractivity contribution in [3.05, 3.63) is 44.8 Å². The molecule has 4 rings (SSSR count). The van der Waals surface area contributed by atoms with Gasteiger partial charge in [0.2, 0.25) is 5.95 Å². The summed E-state index contributed by atoms with van der Waals surface area (Å²) in [5, 5.41) is 6.53. The molecule has 0 radical (unpaired) electrons. The van der Waals surface area contributed by atoms with E-state index < -0.39 is 5.82 Å². The molecular formula is C23H28Cl2FN5O. The first-order valence-corrected chi connectivity index (χ1v) is 11.9. The third-order valence-electron chi connectivity index (χ3n) is 6.24. The number of aryl methyl sites for hydroxylation is 1. The van der Waals surface area contributed by atoms with Gasteiger partial charge in [-0.1, -0.05) is 23.2 Å². The lowest BCUT2D eigenvalue weighted by Gasteiger charge is -2.30. The minimum atomic E-state index is -0.656. The van der Waals surface area contributed by atoms with Gasteiger partial charge in [0.15, 0.2) is 0 Å². The molecule has 6 nitrogen and oxygen atoms in total. The number of fused-ring (bicyclic) bond motifs is 1.